The third-order valence-electron chi connectivity index (χ3n) is 3.57. The summed E-state index contributed by atoms with van der Waals surface area (Å²) in [5.74, 6) is -0.00974. The van der Waals surface area contributed by atoms with Crippen LogP contribution >= 0.6 is 11.3 Å². The SMILES string of the molecule is CCOC(=O)c1nc(NC(CC)c2cccnc2)nc2ccsc12. The maximum Gasteiger partial charge on any atom is 0.358 e. The fraction of sp³-hybridized carbons (Fsp3) is 0.294. The van der Waals surface area contributed by atoms with Gasteiger partial charge in [0.1, 0.15) is 0 Å². The van der Waals surface area contributed by atoms with Crippen LogP contribution in [0.25, 0.3) is 10.2 Å². The van der Waals surface area contributed by atoms with Crippen molar-refractivity contribution >= 4 is 33.5 Å². The van der Waals surface area contributed by atoms with Gasteiger partial charge in [-0.3, -0.25) is 4.98 Å². The monoisotopic (exact) mass is 342 g/mol. The van der Waals surface area contributed by atoms with Gasteiger partial charge in [-0.05, 0) is 36.4 Å². The normalized spacial score (nSPS) is 12.1. The third kappa shape index (κ3) is 3.35. The van der Waals surface area contributed by atoms with Gasteiger partial charge in [0, 0.05) is 12.4 Å². The van der Waals surface area contributed by atoms with Crippen molar-refractivity contribution in [3.8, 4) is 0 Å². The lowest BCUT2D eigenvalue weighted by molar-refractivity contribution is 0.0522. The number of anilines is 1. The summed E-state index contributed by atoms with van der Waals surface area (Å²) in [7, 11) is 0. The molecule has 0 spiro atoms. The minimum Gasteiger partial charge on any atom is -0.461 e. The van der Waals surface area contributed by atoms with Crippen LogP contribution in [0.3, 0.4) is 0 Å². The second-order valence-corrected chi connectivity index (χ2v) is 6.06. The molecular formula is C17H18N4O2S. The molecule has 0 aromatic carbocycles. The van der Waals surface area contributed by atoms with Crippen molar-refractivity contribution < 1.29 is 9.53 Å². The summed E-state index contributed by atoms with van der Waals surface area (Å²) in [5.41, 5.74) is 2.09. The zero-order valence-corrected chi connectivity index (χ0v) is 14.3. The predicted molar refractivity (Wildman–Crippen MR) is 94.3 cm³/mol. The lowest BCUT2D eigenvalue weighted by atomic mass is 10.1. The number of nitrogens with zero attached hydrogens (tertiary/aromatic N) is 3. The number of rotatable bonds is 6. The van der Waals surface area contributed by atoms with Gasteiger partial charge in [0.2, 0.25) is 5.95 Å². The van der Waals surface area contributed by atoms with Crippen molar-refractivity contribution in [3.05, 3.63) is 47.2 Å². The van der Waals surface area contributed by atoms with Crippen LogP contribution in [0.5, 0.6) is 0 Å². The van der Waals surface area contributed by atoms with Crippen LogP contribution in [0, 0.1) is 0 Å². The van der Waals surface area contributed by atoms with Crippen LogP contribution in [0.2, 0.25) is 0 Å². The Kier molecular flexibility index (Phi) is 5.00. The molecule has 124 valence electrons. The summed E-state index contributed by atoms with van der Waals surface area (Å²) < 4.78 is 5.86. The van der Waals surface area contributed by atoms with Gasteiger partial charge in [-0.1, -0.05) is 13.0 Å². The minimum atomic E-state index is -0.426. The Morgan fingerprint density at radius 3 is 2.92 bits per heavy atom. The first-order valence-corrected chi connectivity index (χ1v) is 8.69. The van der Waals surface area contributed by atoms with E-state index < -0.39 is 5.97 Å². The topological polar surface area (TPSA) is 77.0 Å². The quantitative estimate of drug-likeness (QED) is 0.686. The molecule has 0 aliphatic heterocycles. The number of ether oxygens (including phenoxy) is 1. The van der Waals surface area contributed by atoms with Crippen LogP contribution in [-0.2, 0) is 4.74 Å². The van der Waals surface area contributed by atoms with Crippen molar-refractivity contribution in [2.45, 2.75) is 26.3 Å². The number of carbonyl (C=O) groups is 1. The highest BCUT2D eigenvalue weighted by Crippen LogP contribution is 2.26. The summed E-state index contributed by atoms with van der Waals surface area (Å²) in [6.07, 6.45) is 4.39. The van der Waals surface area contributed by atoms with Crippen LogP contribution in [0.1, 0.15) is 42.4 Å². The maximum atomic E-state index is 12.2. The van der Waals surface area contributed by atoms with E-state index in [1.54, 1.807) is 13.1 Å². The first-order chi connectivity index (χ1) is 11.7. The van der Waals surface area contributed by atoms with Crippen molar-refractivity contribution in [1.29, 1.82) is 0 Å². The van der Waals surface area contributed by atoms with Gasteiger partial charge in [-0.2, -0.15) is 0 Å². The first-order valence-electron chi connectivity index (χ1n) is 7.81. The molecule has 0 aliphatic rings. The van der Waals surface area contributed by atoms with Crippen LogP contribution in [0.15, 0.2) is 36.0 Å². The number of nitrogens with one attached hydrogen (secondary N) is 1. The van der Waals surface area contributed by atoms with Crippen molar-refractivity contribution in [2.24, 2.45) is 0 Å². The summed E-state index contributed by atoms with van der Waals surface area (Å²) in [4.78, 5) is 25.3. The number of aromatic nitrogens is 3. The lowest BCUT2D eigenvalue weighted by Crippen LogP contribution is -2.15. The lowest BCUT2D eigenvalue weighted by Gasteiger charge is -2.17. The maximum absolute atomic E-state index is 12.2. The second kappa shape index (κ2) is 7.35. The predicted octanol–water partition coefficient (Wildman–Crippen LogP) is 3.83. The molecule has 3 heterocycles. The summed E-state index contributed by atoms with van der Waals surface area (Å²) in [6.45, 7) is 4.16. The smallest absolute Gasteiger partial charge is 0.358 e. The van der Waals surface area contributed by atoms with E-state index in [2.05, 4.69) is 27.2 Å². The van der Waals surface area contributed by atoms with Crippen LogP contribution < -0.4 is 5.32 Å². The molecule has 0 saturated heterocycles. The Hall–Kier alpha value is -2.54. The van der Waals surface area contributed by atoms with E-state index >= 15 is 0 Å². The fourth-order valence-corrected chi connectivity index (χ4v) is 3.23. The molecule has 1 atom stereocenters. The van der Waals surface area contributed by atoms with Crippen molar-refractivity contribution in [3.63, 3.8) is 0 Å². The number of fused-ring (bicyclic) bond motifs is 1. The van der Waals surface area contributed by atoms with Crippen LogP contribution in [0.4, 0.5) is 5.95 Å². The Balaban J connectivity index is 1.95. The van der Waals surface area contributed by atoms with E-state index in [1.165, 1.54) is 11.3 Å². The van der Waals surface area contributed by atoms with E-state index in [4.69, 9.17) is 4.74 Å². The Bertz CT molecular complexity index is 835. The van der Waals surface area contributed by atoms with Gasteiger partial charge in [-0.25, -0.2) is 14.8 Å². The Morgan fingerprint density at radius 2 is 2.21 bits per heavy atom. The summed E-state index contributed by atoms with van der Waals surface area (Å²) in [5, 5.41) is 5.19. The molecule has 0 radical (unpaired) electrons. The van der Waals surface area contributed by atoms with Crippen LogP contribution in [-0.4, -0.2) is 27.5 Å². The van der Waals surface area contributed by atoms with Gasteiger partial charge in [0.05, 0.1) is 22.9 Å². The van der Waals surface area contributed by atoms with Crippen molar-refractivity contribution in [1.82, 2.24) is 15.0 Å². The van der Waals surface area contributed by atoms with Gasteiger partial charge in [0.25, 0.3) is 0 Å². The zero-order valence-electron chi connectivity index (χ0n) is 13.5. The van der Waals surface area contributed by atoms with Gasteiger partial charge in [0.15, 0.2) is 5.69 Å². The van der Waals surface area contributed by atoms with Gasteiger partial charge >= 0.3 is 5.97 Å². The van der Waals surface area contributed by atoms with Crippen molar-refractivity contribution in [2.75, 3.05) is 11.9 Å². The number of pyridine rings is 1. The third-order valence-corrected chi connectivity index (χ3v) is 4.48. The Labute approximate surface area is 143 Å². The molecule has 0 saturated carbocycles. The molecule has 3 aromatic rings. The highest BCUT2D eigenvalue weighted by atomic mass is 32.1. The molecule has 24 heavy (non-hydrogen) atoms. The van der Waals surface area contributed by atoms with Gasteiger partial charge in [-0.15, -0.1) is 11.3 Å². The van der Waals surface area contributed by atoms with E-state index in [1.807, 2.05) is 29.8 Å². The number of carbonyl (C=O) groups excluding carboxylic acids is 1. The first kappa shape index (κ1) is 16.3. The Morgan fingerprint density at radius 1 is 1.33 bits per heavy atom. The fourth-order valence-electron chi connectivity index (χ4n) is 2.42. The molecule has 3 aromatic heterocycles. The molecule has 3 rings (SSSR count). The molecule has 0 aliphatic carbocycles. The average molecular weight is 342 g/mol. The molecule has 6 nitrogen and oxygen atoms in total. The molecular weight excluding hydrogens is 324 g/mol. The molecule has 1 N–H and O–H groups in total. The molecule has 7 heteroatoms. The number of thiophene rings is 1. The molecule has 0 fully saturated rings. The average Bonchev–Trinajstić information content (AvgIpc) is 3.08. The van der Waals surface area contributed by atoms with E-state index in [0.717, 1.165) is 22.2 Å². The van der Waals surface area contributed by atoms with E-state index in [9.17, 15) is 4.79 Å². The highest BCUT2D eigenvalue weighted by Gasteiger charge is 2.19. The largest absolute Gasteiger partial charge is 0.461 e. The van der Waals surface area contributed by atoms with Gasteiger partial charge < -0.3 is 10.1 Å². The number of esters is 1. The minimum absolute atomic E-state index is 0.0184. The van der Waals surface area contributed by atoms with E-state index in [0.29, 0.717) is 18.2 Å². The molecule has 1 unspecified atom stereocenters. The second-order valence-electron chi connectivity index (χ2n) is 5.14. The standard InChI is InChI=1S/C17H18N4O2S/c1-3-12(11-6-5-8-18-10-11)19-17-20-13-7-9-24-15(13)14(21-17)16(22)23-4-2/h5-10,12H,3-4H2,1-2H3,(H,19,20,21). The number of hydrogen-bond donors (Lipinski definition) is 1. The summed E-state index contributed by atoms with van der Waals surface area (Å²) >= 11 is 1.43. The summed E-state index contributed by atoms with van der Waals surface area (Å²) in [6, 6.07) is 5.79. The number of hydrogen-bond acceptors (Lipinski definition) is 7. The molecule has 0 amide bonds. The zero-order chi connectivity index (χ0) is 16.9. The van der Waals surface area contributed by atoms with E-state index in [-0.39, 0.29) is 6.04 Å². The molecule has 0 bridgehead atoms. The highest BCUT2D eigenvalue weighted by molar-refractivity contribution is 7.17.